The molecule has 0 bridgehead atoms. The van der Waals surface area contributed by atoms with E-state index in [0.717, 1.165) is 12.2 Å². The first-order chi connectivity index (χ1) is 14.7. The monoisotopic (exact) mass is 402 g/mol. The van der Waals surface area contributed by atoms with Gasteiger partial charge >= 0.3 is 11.9 Å². The van der Waals surface area contributed by atoms with Crippen LogP contribution in [-0.2, 0) is 9.47 Å². The van der Waals surface area contributed by atoms with Crippen molar-refractivity contribution in [1.29, 1.82) is 0 Å². The van der Waals surface area contributed by atoms with Crippen LogP contribution in [0.25, 0.3) is 0 Å². The fraction of sp³-hybridized carbons (Fsp3) is 0.250. The van der Waals surface area contributed by atoms with E-state index in [1.165, 1.54) is 0 Å². The normalized spacial score (nSPS) is 20.1. The molecular formula is C24H22N2O4. The molecule has 6 heteroatoms. The second-order valence-electron chi connectivity index (χ2n) is 7.30. The van der Waals surface area contributed by atoms with E-state index in [2.05, 4.69) is 9.97 Å². The predicted molar refractivity (Wildman–Crippen MR) is 110 cm³/mol. The molecule has 2 aromatic carbocycles. The van der Waals surface area contributed by atoms with Gasteiger partial charge in [0.25, 0.3) is 0 Å². The minimum atomic E-state index is -0.365. The van der Waals surface area contributed by atoms with Crippen molar-refractivity contribution in [3.8, 4) is 0 Å². The summed E-state index contributed by atoms with van der Waals surface area (Å²) < 4.78 is 11.1. The van der Waals surface area contributed by atoms with Crippen molar-refractivity contribution >= 4 is 11.9 Å². The Balaban J connectivity index is 1.39. The molecule has 0 saturated heterocycles. The van der Waals surface area contributed by atoms with E-state index >= 15 is 0 Å². The molecule has 4 rings (SSSR count). The third-order valence-electron chi connectivity index (χ3n) is 5.45. The molecule has 0 aliphatic heterocycles. The molecule has 3 aromatic rings. The highest BCUT2D eigenvalue weighted by Gasteiger charge is 2.44. The Kier molecular flexibility index (Phi) is 6.13. The Hall–Kier alpha value is -3.54. The van der Waals surface area contributed by atoms with Gasteiger partial charge in [-0.2, -0.15) is 0 Å². The van der Waals surface area contributed by atoms with Gasteiger partial charge in [0.2, 0.25) is 0 Å². The maximum Gasteiger partial charge on any atom is 0.338 e. The van der Waals surface area contributed by atoms with Crippen LogP contribution >= 0.6 is 0 Å². The Labute approximate surface area is 174 Å². The zero-order valence-electron chi connectivity index (χ0n) is 16.4. The zero-order chi connectivity index (χ0) is 20.8. The summed E-state index contributed by atoms with van der Waals surface area (Å²) in [7, 11) is 0. The van der Waals surface area contributed by atoms with Crippen LogP contribution in [0.1, 0.15) is 38.9 Å². The van der Waals surface area contributed by atoms with Gasteiger partial charge in [0, 0.05) is 30.1 Å². The first kappa shape index (κ1) is 19.8. The van der Waals surface area contributed by atoms with Gasteiger partial charge in [0.05, 0.1) is 24.3 Å². The molecule has 1 saturated carbocycles. The van der Waals surface area contributed by atoms with Crippen LogP contribution < -0.4 is 0 Å². The average Bonchev–Trinajstić information content (AvgIpc) is 2.80. The summed E-state index contributed by atoms with van der Waals surface area (Å²) in [5.74, 6) is 0.142. The second kappa shape index (κ2) is 9.31. The van der Waals surface area contributed by atoms with Gasteiger partial charge in [0.1, 0.15) is 5.82 Å². The van der Waals surface area contributed by atoms with Crippen LogP contribution in [0.2, 0.25) is 0 Å². The summed E-state index contributed by atoms with van der Waals surface area (Å²) in [6.45, 7) is 0.495. The number of benzene rings is 2. The van der Waals surface area contributed by atoms with Crippen molar-refractivity contribution in [1.82, 2.24) is 9.97 Å². The smallest absolute Gasteiger partial charge is 0.338 e. The van der Waals surface area contributed by atoms with Gasteiger partial charge in [-0.3, -0.25) is 0 Å². The van der Waals surface area contributed by atoms with Crippen LogP contribution in [0.3, 0.4) is 0 Å². The van der Waals surface area contributed by atoms with E-state index in [1.807, 2.05) is 12.1 Å². The molecule has 0 amide bonds. The lowest BCUT2D eigenvalue weighted by Gasteiger charge is -2.42. The molecule has 1 heterocycles. The van der Waals surface area contributed by atoms with E-state index in [4.69, 9.17) is 9.47 Å². The third kappa shape index (κ3) is 4.54. The molecule has 0 spiro atoms. The second-order valence-corrected chi connectivity index (χ2v) is 7.30. The minimum Gasteiger partial charge on any atom is -0.462 e. The quantitative estimate of drug-likeness (QED) is 0.558. The molecule has 1 aliphatic rings. The highest BCUT2D eigenvalue weighted by atomic mass is 16.5. The topological polar surface area (TPSA) is 78.4 Å². The van der Waals surface area contributed by atoms with Gasteiger partial charge in [-0.25, -0.2) is 19.6 Å². The first-order valence-electron chi connectivity index (χ1n) is 9.93. The van der Waals surface area contributed by atoms with Crippen LogP contribution in [-0.4, -0.2) is 35.1 Å². The van der Waals surface area contributed by atoms with Gasteiger partial charge in [-0.15, -0.1) is 0 Å². The Bertz CT molecular complexity index is 980. The third-order valence-corrected chi connectivity index (χ3v) is 5.45. The molecule has 1 aromatic heterocycles. The molecule has 0 radical (unpaired) electrons. The van der Waals surface area contributed by atoms with E-state index < -0.39 is 0 Å². The summed E-state index contributed by atoms with van der Waals surface area (Å²) >= 11 is 0. The SMILES string of the molecule is O=C(OC[C@H]1CC(c2ncccn2)[C@@H]1COC(=O)c1ccccc1)c1ccccc1. The molecule has 6 nitrogen and oxygen atoms in total. The van der Waals surface area contributed by atoms with Crippen LogP contribution in [0.5, 0.6) is 0 Å². The van der Waals surface area contributed by atoms with E-state index in [0.29, 0.717) is 11.1 Å². The molecule has 1 aliphatic carbocycles. The fourth-order valence-corrected chi connectivity index (χ4v) is 3.72. The molecule has 1 unspecified atom stereocenters. The predicted octanol–water partition coefficient (Wildman–Crippen LogP) is 3.91. The molecule has 152 valence electrons. The number of hydrogen-bond acceptors (Lipinski definition) is 6. The standard InChI is InChI=1S/C24H22N2O4/c27-23(17-8-3-1-4-9-17)29-15-19-14-20(22-25-12-7-13-26-22)21(19)16-30-24(28)18-10-5-2-6-11-18/h1-13,19-21H,14-16H2/t19-,20?,21-/m1/s1. The highest BCUT2D eigenvalue weighted by Crippen LogP contribution is 2.46. The summed E-state index contributed by atoms with van der Waals surface area (Å²) in [4.78, 5) is 33.3. The van der Waals surface area contributed by atoms with Crippen LogP contribution in [0, 0.1) is 11.8 Å². The Morgan fingerprint density at radius 3 is 1.87 bits per heavy atom. The van der Waals surface area contributed by atoms with Gasteiger partial charge in [-0.05, 0) is 36.8 Å². The number of nitrogens with zero attached hydrogens (tertiary/aromatic N) is 2. The minimum absolute atomic E-state index is 0.0105. The van der Waals surface area contributed by atoms with Crippen molar-refractivity contribution in [2.75, 3.05) is 13.2 Å². The van der Waals surface area contributed by atoms with Crippen molar-refractivity contribution < 1.29 is 19.1 Å². The van der Waals surface area contributed by atoms with Crippen molar-refractivity contribution in [2.45, 2.75) is 12.3 Å². The van der Waals surface area contributed by atoms with E-state index in [9.17, 15) is 9.59 Å². The van der Waals surface area contributed by atoms with E-state index in [1.54, 1.807) is 67.0 Å². The highest BCUT2D eigenvalue weighted by molar-refractivity contribution is 5.89. The van der Waals surface area contributed by atoms with Gasteiger partial charge < -0.3 is 9.47 Å². The lowest BCUT2D eigenvalue weighted by atomic mass is 9.65. The Morgan fingerprint density at radius 1 is 0.767 bits per heavy atom. The summed E-state index contributed by atoms with van der Waals surface area (Å²) in [6.07, 6.45) is 4.19. The molecule has 3 atom stereocenters. The lowest BCUT2D eigenvalue weighted by molar-refractivity contribution is -0.0166. The maximum atomic E-state index is 12.4. The largest absolute Gasteiger partial charge is 0.462 e. The molecular weight excluding hydrogens is 380 g/mol. The van der Waals surface area contributed by atoms with E-state index in [-0.39, 0.29) is 42.9 Å². The summed E-state index contributed by atoms with van der Waals surface area (Å²) in [5, 5.41) is 0. The summed E-state index contributed by atoms with van der Waals surface area (Å²) in [5.41, 5.74) is 1.03. The average molecular weight is 402 g/mol. The van der Waals surface area contributed by atoms with Crippen molar-refractivity contribution in [3.63, 3.8) is 0 Å². The van der Waals surface area contributed by atoms with Crippen LogP contribution in [0.4, 0.5) is 0 Å². The molecule has 30 heavy (non-hydrogen) atoms. The number of ether oxygens (including phenoxy) is 2. The first-order valence-corrected chi connectivity index (χ1v) is 9.93. The zero-order valence-corrected chi connectivity index (χ0v) is 16.4. The number of carbonyl (C=O) groups excluding carboxylic acids is 2. The molecule has 1 fully saturated rings. The number of esters is 2. The maximum absolute atomic E-state index is 12.4. The van der Waals surface area contributed by atoms with Crippen molar-refractivity contribution in [2.24, 2.45) is 11.8 Å². The number of rotatable bonds is 7. The number of aromatic nitrogens is 2. The number of carbonyl (C=O) groups is 2. The number of hydrogen-bond donors (Lipinski definition) is 0. The van der Waals surface area contributed by atoms with Gasteiger partial charge in [0.15, 0.2) is 0 Å². The molecule has 0 N–H and O–H groups in total. The van der Waals surface area contributed by atoms with Gasteiger partial charge in [-0.1, -0.05) is 36.4 Å². The van der Waals surface area contributed by atoms with Crippen LogP contribution in [0.15, 0.2) is 79.1 Å². The lowest BCUT2D eigenvalue weighted by Crippen LogP contribution is -2.42. The summed E-state index contributed by atoms with van der Waals surface area (Å²) in [6, 6.07) is 19.6. The van der Waals surface area contributed by atoms with Crippen molar-refractivity contribution in [3.05, 3.63) is 96.1 Å². The Morgan fingerprint density at radius 2 is 1.30 bits per heavy atom. The fourth-order valence-electron chi connectivity index (χ4n) is 3.72.